The van der Waals surface area contributed by atoms with Crippen LogP contribution in [0.25, 0.3) is 11.0 Å². The molecule has 0 fully saturated rings. The average molecular weight is 660 g/mol. The van der Waals surface area contributed by atoms with Gasteiger partial charge in [0.25, 0.3) is 0 Å². The van der Waals surface area contributed by atoms with E-state index in [1.165, 1.54) is 16.6 Å². The largest absolute Gasteiger partial charge is 0.472 e. The van der Waals surface area contributed by atoms with Crippen LogP contribution in [0, 0.1) is 6.92 Å². The van der Waals surface area contributed by atoms with Gasteiger partial charge in [-0.05, 0) is 78.9 Å². The van der Waals surface area contributed by atoms with E-state index < -0.39 is 15.9 Å². The van der Waals surface area contributed by atoms with Gasteiger partial charge in [0, 0.05) is 42.8 Å². The Kier molecular flexibility index (Phi) is 9.03. The van der Waals surface area contributed by atoms with Crippen LogP contribution in [0.3, 0.4) is 0 Å². The number of carbonyl (C=O) groups is 1. The minimum atomic E-state index is -3.95. The van der Waals surface area contributed by atoms with Gasteiger partial charge in [-0.1, -0.05) is 41.9 Å². The van der Waals surface area contributed by atoms with Crippen LogP contribution in [0.1, 0.15) is 54.9 Å². The van der Waals surface area contributed by atoms with E-state index in [2.05, 4.69) is 25.6 Å². The van der Waals surface area contributed by atoms with Crippen LogP contribution >= 0.6 is 11.6 Å². The highest BCUT2D eigenvalue weighted by Crippen LogP contribution is 2.37. The third-order valence-corrected chi connectivity index (χ3v) is 10.5. The highest BCUT2D eigenvalue weighted by Gasteiger charge is 2.35. The summed E-state index contributed by atoms with van der Waals surface area (Å²) in [5.74, 6) is -0.503. The molecule has 2 atom stereocenters. The van der Waals surface area contributed by atoms with Gasteiger partial charge in [0.05, 0.1) is 23.9 Å². The van der Waals surface area contributed by atoms with Gasteiger partial charge in [0.1, 0.15) is 16.5 Å². The number of nitrogens with one attached hydrogen (secondary N) is 1. The van der Waals surface area contributed by atoms with Crippen molar-refractivity contribution in [3.05, 3.63) is 100 Å². The highest BCUT2D eigenvalue weighted by atomic mass is 35.5. The number of amides is 1. The monoisotopic (exact) mass is 659 g/mol. The molecule has 1 unspecified atom stereocenters. The molecule has 11 nitrogen and oxygen atoms in total. The number of ether oxygens (including phenoxy) is 1. The average Bonchev–Trinajstić information content (AvgIpc) is 3.45. The fraction of sp³-hybridized carbons (Fsp3) is 0.303. The molecule has 46 heavy (non-hydrogen) atoms. The van der Waals surface area contributed by atoms with Crippen molar-refractivity contribution in [2.45, 2.75) is 63.6 Å². The molecule has 0 aliphatic carbocycles. The third-order valence-electron chi connectivity index (χ3n) is 8.31. The standard InChI is InChI=1S/C33H34ClN7O4S/c1-4-25-20-40(46(43,44)30-9-7-15-36-33(30)45-25)19-23-16-22(10-12-28(23)34)27(17-31(42)37-24-8-6-14-35-18-24)26-11-13-29-32(21(26)3)38-39-41(29)5-2/h6-16,18,25,27H,4-5,17,19-20H2,1-3H3,(H,37,42)/t25-,27?/m1/s1. The van der Waals surface area contributed by atoms with Gasteiger partial charge in [-0.25, -0.2) is 18.1 Å². The lowest BCUT2D eigenvalue weighted by Gasteiger charge is -2.24. The van der Waals surface area contributed by atoms with E-state index in [-0.39, 0.29) is 42.3 Å². The number of hydrogen-bond donors (Lipinski definition) is 1. The lowest BCUT2D eigenvalue weighted by Crippen LogP contribution is -2.36. The van der Waals surface area contributed by atoms with E-state index in [0.717, 1.165) is 27.7 Å². The molecule has 1 aliphatic rings. The molecule has 0 saturated carbocycles. The van der Waals surface area contributed by atoms with Gasteiger partial charge >= 0.3 is 0 Å². The number of halogens is 1. The Balaban J connectivity index is 1.40. The van der Waals surface area contributed by atoms with Crippen molar-refractivity contribution in [3.63, 3.8) is 0 Å². The first-order chi connectivity index (χ1) is 22.2. The van der Waals surface area contributed by atoms with Crippen LogP contribution in [0.2, 0.25) is 5.02 Å². The maximum absolute atomic E-state index is 13.8. The summed E-state index contributed by atoms with van der Waals surface area (Å²) in [6, 6.07) is 16.1. The van der Waals surface area contributed by atoms with Crippen LogP contribution in [0.5, 0.6) is 5.88 Å². The maximum atomic E-state index is 13.8. The Morgan fingerprint density at radius 2 is 1.96 bits per heavy atom. The summed E-state index contributed by atoms with van der Waals surface area (Å²) in [6.07, 6.45) is 5.07. The molecule has 0 spiro atoms. The smallest absolute Gasteiger partial charge is 0.248 e. The zero-order chi connectivity index (χ0) is 32.4. The zero-order valence-electron chi connectivity index (χ0n) is 25.7. The van der Waals surface area contributed by atoms with E-state index in [9.17, 15) is 13.2 Å². The third kappa shape index (κ3) is 6.20. The van der Waals surface area contributed by atoms with Crippen molar-refractivity contribution in [3.8, 4) is 5.88 Å². The number of hydrogen-bond acceptors (Lipinski definition) is 8. The summed E-state index contributed by atoms with van der Waals surface area (Å²) in [7, 11) is -3.95. The van der Waals surface area contributed by atoms with E-state index in [4.69, 9.17) is 16.3 Å². The Bertz CT molecular complexity index is 2000. The second-order valence-corrected chi connectivity index (χ2v) is 13.5. The summed E-state index contributed by atoms with van der Waals surface area (Å²) in [5.41, 5.74) is 5.51. The molecule has 1 amide bonds. The highest BCUT2D eigenvalue weighted by molar-refractivity contribution is 7.89. The lowest BCUT2D eigenvalue weighted by atomic mass is 9.84. The molecule has 1 aliphatic heterocycles. The number of aryl methyl sites for hydroxylation is 2. The summed E-state index contributed by atoms with van der Waals surface area (Å²) in [6.45, 7) is 6.76. The van der Waals surface area contributed by atoms with Gasteiger partial charge in [-0.2, -0.15) is 4.31 Å². The number of anilines is 1. The van der Waals surface area contributed by atoms with Crippen molar-refractivity contribution < 1.29 is 17.9 Å². The predicted octanol–water partition coefficient (Wildman–Crippen LogP) is 5.73. The number of nitrogens with zero attached hydrogens (tertiary/aromatic N) is 6. The molecular weight excluding hydrogens is 626 g/mol. The van der Waals surface area contributed by atoms with Gasteiger partial charge in [-0.15, -0.1) is 5.10 Å². The Labute approximate surface area is 272 Å². The number of benzene rings is 2. The number of rotatable bonds is 9. The molecule has 0 radical (unpaired) electrons. The quantitative estimate of drug-likeness (QED) is 0.212. The summed E-state index contributed by atoms with van der Waals surface area (Å²) >= 11 is 6.74. The fourth-order valence-electron chi connectivity index (χ4n) is 5.84. The van der Waals surface area contributed by atoms with Crippen LogP contribution in [-0.4, -0.2) is 56.2 Å². The molecule has 13 heteroatoms. The number of carbonyl (C=O) groups excluding carboxylic acids is 1. The van der Waals surface area contributed by atoms with Crippen molar-refractivity contribution in [2.24, 2.45) is 0 Å². The minimum Gasteiger partial charge on any atom is -0.472 e. The maximum Gasteiger partial charge on any atom is 0.248 e. The van der Waals surface area contributed by atoms with E-state index >= 15 is 0 Å². The van der Waals surface area contributed by atoms with Crippen molar-refractivity contribution in [1.29, 1.82) is 0 Å². The first kappa shape index (κ1) is 31.6. The number of aromatic nitrogens is 5. The van der Waals surface area contributed by atoms with Crippen LogP contribution in [0.4, 0.5) is 5.69 Å². The van der Waals surface area contributed by atoms with Crippen LogP contribution < -0.4 is 10.1 Å². The molecule has 0 saturated heterocycles. The SMILES string of the molecule is CC[C@@H]1CN(Cc2cc(C(CC(=O)Nc3cccnc3)c3ccc4c(nnn4CC)c3C)ccc2Cl)S(=O)(=O)c2cccnc2O1. The molecule has 5 aromatic rings. The summed E-state index contributed by atoms with van der Waals surface area (Å²) in [4.78, 5) is 21.8. The Morgan fingerprint density at radius 1 is 1.13 bits per heavy atom. The van der Waals surface area contributed by atoms with Crippen molar-refractivity contribution in [2.75, 3.05) is 11.9 Å². The van der Waals surface area contributed by atoms with Gasteiger partial charge in [-0.3, -0.25) is 9.78 Å². The van der Waals surface area contributed by atoms with E-state index in [1.807, 2.05) is 49.7 Å². The van der Waals surface area contributed by atoms with Crippen molar-refractivity contribution >= 4 is 44.3 Å². The number of pyridine rings is 2. The molecule has 0 bridgehead atoms. The van der Waals surface area contributed by atoms with Crippen LogP contribution in [-0.2, 0) is 27.9 Å². The first-order valence-electron chi connectivity index (χ1n) is 15.1. The second-order valence-electron chi connectivity index (χ2n) is 11.2. The normalized spacial score (nSPS) is 16.7. The molecule has 6 rings (SSSR count). The molecule has 1 N–H and O–H groups in total. The van der Waals surface area contributed by atoms with E-state index in [1.54, 1.807) is 36.7 Å². The Morgan fingerprint density at radius 3 is 2.72 bits per heavy atom. The molecule has 3 aromatic heterocycles. The van der Waals surface area contributed by atoms with Gasteiger partial charge in [0.15, 0.2) is 0 Å². The van der Waals surface area contributed by atoms with E-state index in [0.29, 0.717) is 29.2 Å². The molecule has 2 aromatic carbocycles. The van der Waals surface area contributed by atoms with Gasteiger partial charge in [0.2, 0.25) is 21.8 Å². The zero-order valence-corrected chi connectivity index (χ0v) is 27.3. The second kappa shape index (κ2) is 13.1. The minimum absolute atomic E-state index is 0.0145. The number of sulfonamides is 1. The lowest BCUT2D eigenvalue weighted by molar-refractivity contribution is -0.116. The van der Waals surface area contributed by atoms with Gasteiger partial charge < -0.3 is 10.1 Å². The molecule has 238 valence electrons. The van der Waals surface area contributed by atoms with Crippen molar-refractivity contribution in [1.82, 2.24) is 29.3 Å². The fourth-order valence-corrected chi connectivity index (χ4v) is 7.54. The Hall–Kier alpha value is -4.39. The molecular formula is C33H34ClN7O4S. The first-order valence-corrected chi connectivity index (χ1v) is 16.9. The molecule has 4 heterocycles. The number of fused-ring (bicyclic) bond motifs is 2. The predicted molar refractivity (Wildman–Crippen MR) is 175 cm³/mol. The summed E-state index contributed by atoms with van der Waals surface area (Å²) in [5, 5.41) is 12.1. The van der Waals surface area contributed by atoms with Crippen LogP contribution in [0.15, 0.2) is 78.1 Å². The summed E-state index contributed by atoms with van der Waals surface area (Å²) < 4.78 is 36.9. The topological polar surface area (TPSA) is 132 Å².